The van der Waals surface area contributed by atoms with Crippen molar-refractivity contribution in [3.05, 3.63) is 58.7 Å². The molecule has 1 heteroatoms. The van der Waals surface area contributed by atoms with Crippen molar-refractivity contribution in [3.8, 4) is 0 Å². The van der Waals surface area contributed by atoms with Crippen molar-refractivity contribution < 1.29 is 6.53 Å². The number of rotatable bonds is 3. The molecule has 0 heterocycles. The molecule has 0 radical (unpaired) electrons. The maximum absolute atomic E-state index is 10.8. The van der Waals surface area contributed by atoms with Crippen LogP contribution in [-0.4, -0.2) is 11.2 Å². The lowest BCUT2D eigenvalue weighted by molar-refractivity contribution is -0.0905. The van der Waals surface area contributed by atoms with Crippen molar-refractivity contribution in [3.63, 3.8) is 0 Å². The molecule has 168 valence electrons. The molecule has 4 aliphatic rings. The van der Waals surface area contributed by atoms with Crippen LogP contribution in [-0.2, 0) is 6.42 Å². The summed E-state index contributed by atoms with van der Waals surface area (Å²) >= 11 is 0. The summed E-state index contributed by atoms with van der Waals surface area (Å²) in [6.07, 6.45) is 12.1. The van der Waals surface area contributed by atoms with Gasteiger partial charge in [-0.25, -0.2) is 0 Å². The van der Waals surface area contributed by atoms with E-state index in [9.17, 15) is 5.11 Å². The topological polar surface area (TPSA) is 20.2 Å². The molecule has 0 unspecified atom stereocenters. The molecular weight excluding hydrogens is 376 g/mol. The highest BCUT2D eigenvalue weighted by Gasteiger charge is 2.57. The zero-order chi connectivity index (χ0) is 22.0. The highest BCUT2D eigenvalue weighted by atomic mass is 16.3. The Morgan fingerprint density at radius 1 is 1.00 bits per heavy atom. The van der Waals surface area contributed by atoms with Crippen LogP contribution in [0.15, 0.2) is 53.1 Å². The minimum absolute atomic E-state index is 0. The van der Waals surface area contributed by atoms with Gasteiger partial charge in [-0.1, -0.05) is 76.6 Å². The van der Waals surface area contributed by atoms with Gasteiger partial charge in [0.2, 0.25) is 0 Å². The van der Waals surface area contributed by atoms with E-state index < -0.39 is 0 Å². The van der Waals surface area contributed by atoms with Gasteiger partial charge in [0, 0.05) is 0 Å². The lowest BCUT2D eigenvalue weighted by atomic mass is 9.46. The quantitative estimate of drug-likeness (QED) is 0.534. The van der Waals surface area contributed by atoms with E-state index in [1.165, 1.54) is 50.5 Å². The molecule has 0 spiro atoms. The Hall–Kier alpha value is -1.34. The molecule has 0 amide bonds. The van der Waals surface area contributed by atoms with E-state index in [0.717, 1.165) is 12.3 Å². The van der Waals surface area contributed by atoms with E-state index in [0.29, 0.717) is 17.3 Å². The van der Waals surface area contributed by atoms with E-state index in [2.05, 4.69) is 71.0 Å². The van der Waals surface area contributed by atoms with E-state index in [-0.39, 0.29) is 18.4 Å². The Labute approximate surface area is 191 Å². The highest BCUT2D eigenvalue weighted by molar-refractivity contribution is 5.50. The molecule has 1 aromatic carbocycles. The predicted octanol–water partition coefficient (Wildman–Crippen LogP) is 7.62. The maximum atomic E-state index is 10.8. The molecule has 1 fully saturated rings. The molecule has 5 rings (SSSR count). The first-order valence-electron chi connectivity index (χ1n) is 12.8. The summed E-state index contributed by atoms with van der Waals surface area (Å²) in [6.45, 7) is 12.3. The summed E-state index contributed by atoms with van der Waals surface area (Å²) in [7, 11) is 0. The molecule has 31 heavy (non-hydrogen) atoms. The van der Waals surface area contributed by atoms with Gasteiger partial charge in [-0.3, -0.25) is 0 Å². The van der Waals surface area contributed by atoms with Crippen molar-refractivity contribution in [1.82, 2.24) is 0 Å². The summed E-state index contributed by atoms with van der Waals surface area (Å²) in [4.78, 5) is 0. The summed E-state index contributed by atoms with van der Waals surface area (Å²) in [5, 5.41) is 10.8. The second kappa shape index (κ2) is 7.34. The Bertz CT molecular complexity index is 912. The third-order valence-corrected chi connectivity index (χ3v) is 10.5. The summed E-state index contributed by atoms with van der Waals surface area (Å²) in [5.41, 5.74) is 7.40. The number of benzene rings is 1. The molecule has 1 saturated carbocycles. The van der Waals surface area contributed by atoms with Gasteiger partial charge in [0.05, 0.1) is 6.10 Å². The van der Waals surface area contributed by atoms with Crippen LogP contribution in [0.1, 0.15) is 86.6 Å². The van der Waals surface area contributed by atoms with Gasteiger partial charge in [-0.2, -0.15) is 0 Å². The number of hydrogen-bond acceptors (Lipinski definition) is 1. The maximum Gasteiger partial charge on any atom is 1.00 e. The van der Waals surface area contributed by atoms with Crippen LogP contribution in [0.25, 0.3) is 0 Å². The fraction of sp³-hybridized carbons (Fsp3) is 0.667. The number of fused-ring (bicyclic) bond motifs is 4. The lowest BCUT2D eigenvalue weighted by Gasteiger charge is -2.59. The fourth-order valence-electron chi connectivity index (χ4n) is 8.70. The molecule has 0 aromatic heterocycles. The fourth-order valence-corrected chi connectivity index (χ4v) is 8.70. The highest BCUT2D eigenvalue weighted by Crippen LogP contribution is 2.66. The summed E-state index contributed by atoms with van der Waals surface area (Å²) in [5.74, 6) is 2.08. The third-order valence-electron chi connectivity index (χ3n) is 10.5. The molecule has 0 aliphatic heterocycles. The summed E-state index contributed by atoms with van der Waals surface area (Å²) < 4.78 is 0. The van der Waals surface area contributed by atoms with Gasteiger partial charge in [-0.05, 0) is 102 Å². The Kier molecular flexibility index (Phi) is 5.09. The average molecular weight is 420 g/mol. The number of hydrogen-bond donors (Lipinski definition) is 1. The number of aliphatic hydroxyl groups excluding tert-OH is 1. The first-order valence-corrected chi connectivity index (χ1v) is 12.8. The molecule has 1 N–H and O–H groups in total. The predicted molar refractivity (Wildman–Crippen MR) is 131 cm³/mol. The summed E-state index contributed by atoms with van der Waals surface area (Å²) in [6, 6.07) is 11.1. The minimum Gasteiger partial charge on any atom is -0.393 e. The standard InChI is InChI=1S/C30H42O/c1-20(19-21-9-7-6-8-10-21)23-12-13-24-22-11-14-26-28(2,3)27(31)16-18-30(26,5)25(22)15-17-29(23,24)4/h6-10,13,20,23,26-27,31H,11-12,14-19H2,1-5H3/p+1/t20-,23-,26+,27+,29-,30-/m1/s1. The van der Waals surface area contributed by atoms with Crippen LogP contribution in [0.3, 0.4) is 0 Å². The van der Waals surface area contributed by atoms with Crippen molar-refractivity contribution in [2.45, 2.75) is 92.1 Å². The Balaban J connectivity index is 0.00000245. The van der Waals surface area contributed by atoms with Gasteiger partial charge < -0.3 is 5.11 Å². The first kappa shape index (κ1) is 21.5. The largest absolute Gasteiger partial charge is 1.00 e. The molecule has 1 aromatic rings. The zero-order valence-corrected chi connectivity index (χ0v) is 20.4. The Morgan fingerprint density at radius 2 is 1.74 bits per heavy atom. The van der Waals surface area contributed by atoms with E-state index >= 15 is 0 Å². The molecule has 0 saturated heterocycles. The SMILES string of the molecule is C[C@H](Cc1ccccc1)[C@H]1CC=C2C3=C(CC[C@@]21C)[C@@]1(C)CC[C@H](O)C(C)(C)[C@@H]1CC3.[H+]. The van der Waals surface area contributed by atoms with Crippen molar-refractivity contribution in [2.75, 3.05) is 0 Å². The van der Waals surface area contributed by atoms with Gasteiger partial charge in [-0.15, -0.1) is 0 Å². The molecule has 0 bridgehead atoms. The molecule has 4 aliphatic carbocycles. The number of allylic oxidation sites excluding steroid dienone is 4. The normalized spacial score (nSPS) is 39.9. The third kappa shape index (κ3) is 3.13. The lowest BCUT2D eigenvalue weighted by Crippen LogP contribution is -2.53. The Morgan fingerprint density at radius 3 is 2.48 bits per heavy atom. The van der Waals surface area contributed by atoms with Crippen LogP contribution in [0.2, 0.25) is 0 Å². The van der Waals surface area contributed by atoms with Gasteiger partial charge in [0.15, 0.2) is 0 Å². The second-order valence-corrected chi connectivity index (χ2v) is 12.4. The van der Waals surface area contributed by atoms with Gasteiger partial charge >= 0.3 is 1.43 Å². The van der Waals surface area contributed by atoms with Crippen LogP contribution < -0.4 is 0 Å². The molecule has 1 nitrogen and oxygen atoms in total. The minimum atomic E-state index is -0.143. The van der Waals surface area contributed by atoms with Crippen molar-refractivity contribution in [2.24, 2.45) is 34.0 Å². The monoisotopic (exact) mass is 419 g/mol. The van der Waals surface area contributed by atoms with Crippen molar-refractivity contribution in [1.29, 1.82) is 0 Å². The van der Waals surface area contributed by atoms with E-state index in [1.807, 2.05) is 0 Å². The smallest absolute Gasteiger partial charge is 0.393 e. The van der Waals surface area contributed by atoms with Gasteiger partial charge in [0.1, 0.15) is 0 Å². The van der Waals surface area contributed by atoms with Crippen LogP contribution in [0.4, 0.5) is 0 Å². The van der Waals surface area contributed by atoms with Crippen LogP contribution in [0, 0.1) is 34.0 Å². The van der Waals surface area contributed by atoms with E-state index in [1.54, 1.807) is 16.7 Å². The second-order valence-electron chi connectivity index (χ2n) is 12.4. The molecule has 6 atom stereocenters. The van der Waals surface area contributed by atoms with Crippen molar-refractivity contribution >= 4 is 0 Å². The van der Waals surface area contributed by atoms with Crippen LogP contribution >= 0.6 is 0 Å². The van der Waals surface area contributed by atoms with E-state index in [4.69, 9.17) is 0 Å². The first-order chi connectivity index (χ1) is 14.7. The van der Waals surface area contributed by atoms with Crippen LogP contribution in [0.5, 0.6) is 0 Å². The van der Waals surface area contributed by atoms with Gasteiger partial charge in [0.25, 0.3) is 0 Å². The number of aliphatic hydroxyl groups is 1. The zero-order valence-electron chi connectivity index (χ0n) is 21.4. The average Bonchev–Trinajstić information content (AvgIpc) is 3.09. The molecular formula is C30H43O+.